The van der Waals surface area contributed by atoms with Crippen LogP contribution in [0.25, 0.3) is 5.65 Å². The number of nitrogens with one attached hydrogen (secondary N) is 2. The number of hydrogen-bond acceptors (Lipinski definition) is 5. The van der Waals surface area contributed by atoms with E-state index in [2.05, 4.69) is 31.6 Å². The van der Waals surface area contributed by atoms with E-state index in [1.807, 2.05) is 59.1 Å². The van der Waals surface area contributed by atoms with Crippen LogP contribution in [0.2, 0.25) is 0 Å². The summed E-state index contributed by atoms with van der Waals surface area (Å²) in [6.07, 6.45) is 4.07. The van der Waals surface area contributed by atoms with Gasteiger partial charge in [0.05, 0.1) is 12.2 Å². The number of rotatable bonds is 7. The standard InChI is InChI=1S/C23H28N6O2/c1-24-23(31)22(18-7-3-2-4-8-18)26-21(30)17-28-13-11-27(12-14-28)15-19-16-29-10-6-5-9-20(29)25-19/h2-10,16,22H,11-15,17H2,1H3,(H,24,31)(H,26,30). The average molecular weight is 421 g/mol. The van der Waals surface area contributed by atoms with Crippen LogP contribution in [0.5, 0.6) is 0 Å². The van der Waals surface area contributed by atoms with Crippen molar-refractivity contribution in [2.45, 2.75) is 12.6 Å². The van der Waals surface area contributed by atoms with Crippen molar-refractivity contribution in [2.24, 2.45) is 0 Å². The van der Waals surface area contributed by atoms with Crippen LogP contribution < -0.4 is 10.6 Å². The zero-order chi connectivity index (χ0) is 21.6. The lowest BCUT2D eigenvalue weighted by atomic mass is 10.1. The molecule has 0 aliphatic carbocycles. The molecular formula is C23H28N6O2. The molecule has 2 amide bonds. The number of nitrogens with zero attached hydrogens (tertiary/aromatic N) is 4. The number of piperazine rings is 1. The highest BCUT2D eigenvalue weighted by molar-refractivity contribution is 5.89. The summed E-state index contributed by atoms with van der Waals surface area (Å²) in [4.78, 5) is 34.0. The van der Waals surface area contributed by atoms with Gasteiger partial charge < -0.3 is 15.0 Å². The van der Waals surface area contributed by atoms with E-state index in [1.165, 1.54) is 0 Å². The molecule has 3 heterocycles. The normalized spacial score (nSPS) is 16.2. The van der Waals surface area contributed by atoms with Crippen molar-refractivity contribution >= 4 is 17.5 Å². The Kier molecular flexibility index (Phi) is 6.59. The molecule has 162 valence electrons. The summed E-state index contributed by atoms with van der Waals surface area (Å²) in [6, 6.07) is 14.6. The van der Waals surface area contributed by atoms with Gasteiger partial charge in [0.25, 0.3) is 0 Å². The molecule has 1 fully saturated rings. The lowest BCUT2D eigenvalue weighted by molar-refractivity contribution is -0.129. The van der Waals surface area contributed by atoms with Crippen LogP contribution >= 0.6 is 0 Å². The van der Waals surface area contributed by atoms with E-state index in [0.29, 0.717) is 0 Å². The van der Waals surface area contributed by atoms with Gasteiger partial charge >= 0.3 is 0 Å². The minimum Gasteiger partial charge on any atom is -0.357 e. The number of imidazole rings is 1. The largest absolute Gasteiger partial charge is 0.357 e. The molecule has 3 aromatic rings. The summed E-state index contributed by atoms with van der Waals surface area (Å²) < 4.78 is 2.03. The highest BCUT2D eigenvalue weighted by atomic mass is 16.2. The minimum absolute atomic E-state index is 0.147. The first-order valence-electron chi connectivity index (χ1n) is 10.6. The highest BCUT2D eigenvalue weighted by Crippen LogP contribution is 2.13. The monoisotopic (exact) mass is 420 g/mol. The Morgan fingerprint density at radius 3 is 2.42 bits per heavy atom. The second-order valence-corrected chi connectivity index (χ2v) is 7.78. The van der Waals surface area contributed by atoms with Gasteiger partial charge in [-0.05, 0) is 17.7 Å². The Balaban J connectivity index is 1.27. The maximum atomic E-state index is 12.6. The number of carbonyl (C=O) groups excluding carboxylic acids is 2. The van der Waals surface area contributed by atoms with Gasteiger partial charge in [-0.1, -0.05) is 36.4 Å². The van der Waals surface area contributed by atoms with Gasteiger partial charge in [-0.15, -0.1) is 0 Å². The molecule has 0 radical (unpaired) electrons. The van der Waals surface area contributed by atoms with E-state index in [9.17, 15) is 9.59 Å². The van der Waals surface area contributed by atoms with Crippen molar-refractivity contribution in [1.82, 2.24) is 29.8 Å². The summed E-state index contributed by atoms with van der Waals surface area (Å²) in [5, 5.41) is 5.51. The molecule has 1 saturated heterocycles. The third kappa shape index (κ3) is 5.28. The van der Waals surface area contributed by atoms with Crippen molar-refractivity contribution in [3.05, 3.63) is 72.2 Å². The van der Waals surface area contributed by atoms with E-state index in [-0.39, 0.29) is 18.4 Å². The first-order chi connectivity index (χ1) is 15.1. The Bertz CT molecular complexity index is 994. The molecular weight excluding hydrogens is 392 g/mol. The molecule has 2 N–H and O–H groups in total. The summed E-state index contributed by atoms with van der Waals surface area (Å²) in [5.74, 6) is -0.372. The molecule has 1 unspecified atom stereocenters. The SMILES string of the molecule is CNC(=O)C(NC(=O)CN1CCN(Cc2cn3ccccc3n2)CC1)c1ccccc1. The number of aromatic nitrogens is 2. The van der Waals surface area contributed by atoms with E-state index in [4.69, 9.17) is 0 Å². The summed E-state index contributed by atoms with van der Waals surface area (Å²) in [7, 11) is 1.58. The number of hydrogen-bond donors (Lipinski definition) is 2. The van der Waals surface area contributed by atoms with Crippen LogP contribution in [0.15, 0.2) is 60.9 Å². The number of amides is 2. The van der Waals surface area contributed by atoms with Crippen molar-refractivity contribution < 1.29 is 9.59 Å². The van der Waals surface area contributed by atoms with Crippen LogP contribution in [0, 0.1) is 0 Å². The van der Waals surface area contributed by atoms with Gasteiger partial charge in [0.15, 0.2) is 0 Å². The number of carbonyl (C=O) groups is 2. The molecule has 4 rings (SSSR count). The van der Waals surface area contributed by atoms with Gasteiger partial charge in [-0.3, -0.25) is 19.4 Å². The maximum Gasteiger partial charge on any atom is 0.246 e. The lowest BCUT2D eigenvalue weighted by Crippen LogP contribution is -2.50. The van der Waals surface area contributed by atoms with Crippen LogP contribution in [-0.2, 0) is 16.1 Å². The van der Waals surface area contributed by atoms with Gasteiger partial charge in [0, 0.05) is 52.2 Å². The van der Waals surface area contributed by atoms with Crippen molar-refractivity contribution in [2.75, 3.05) is 39.8 Å². The predicted molar refractivity (Wildman–Crippen MR) is 118 cm³/mol. The van der Waals surface area contributed by atoms with E-state index >= 15 is 0 Å². The van der Waals surface area contributed by atoms with Crippen LogP contribution in [0.3, 0.4) is 0 Å². The first kappa shape index (κ1) is 21.0. The molecule has 1 aliphatic heterocycles. The maximum absolute atomic E-state index is 12.6. The summed E-state index contributed by atoms with van der Waals surface area (Å²) in [6.45, 7) is 4.43. The topological polar surface area (TPSA) is 82.0 Å². The quantitative estimate of drug-likeness (QED) is 0.597. The Labute approximate surface area is 181 Å². The third-order valence-electron chi connectivity index (χ3n) is 5.58. The average Bonchev–Trinajstić information content (AvgIpc) is 3.21. The molecule has 0 spiro atoms. The van der Waals surface area contributed by atoms with Crippen LogP contribution in [0.4, 0.5) is 0 Å². The second kappa shape index (κ2) is 9.72. The first-order valence-corrected chi connectivity index (χ1v) is 10.6. The fourth-order valence-electron chi connectivity index (χ4n) is 3.90. The van der Waals surface area contributed by atoms with E-state index in [0.717, 1.165) is 49.6 Å². The van der Waals surface area contributed by atoms with Gasteiger partial charge in [-0.2, -0.15) is 0 Å². The number of fused-ring (bicyclic) bond motifs is 1. The molecule has 8 heteroatoms. The van der Waals surface area contributed by atoms with Gasteiger partial charge in [-0.25, -0.2) is 4.98 Å². The summed E-state index contributed by atoms with van der Waals surface area (Å²) >= 11 is 0. The molecule has 1 aliphatic rings. The number of likely N-dealkylation sites (N-methyl/N-ethyl adjacent to an activating group) is 1. The van der Waals surface area contributed by atoms with E-state index in [1.54, 1.807) is 7.05 Å². The van der Waals surface area contributed by atoms with Crippen molar-refractivity contribution in [1.29, 1.82) is 0 Å². The van der Waals surface area contributed by atoms with Gasteiger partial charge in [0.2, 0.25) is 11.8 Å². The predicted octanol–water partition coefficient (Wildman–Crippen LogP) is 1.06. The Morgan fingerprint density at radius 1 is 1.00 bits per heavy atom. The Hall–Kier alpha value is -3.23. The number of pyridine rings is 1. The van der Waals surface area contributed by atoms with Crippen molar-refractivity contribution in [3.63, 3.8) is 0 Å². The summed E-state index contributed by atoms with van der Waals surface area (Å²) in [5.41, 5.74) is 2.78. The lowest BCUT2D eigenvalue weighted by Gasteiger charge is -2.34. The number of benzene rings is 1. The van der Waals surface area contributed by atoms with Crippen LogP contribution in [0.1, 0.15) is 17.3 Å². The highest BCUT2D eigenvalue weighted by Gasteiger charge is 2.24. The fourth-order valence-corrected chi connectivity index (χ4v) is 3.90. The minimum atomic E-state index is -0.685. The molecule has 1 atom stereocenters. The zero-order valence-corrected chi connectivity index (χ0v) is 17.7. The van der Waals surface area contributed by atoms with Crippen LogP contribution in [-0.4, -0.2) is 70.8 Å². The Morgan fingerprint density at radius 2 is 1.71 bits per heavy atom. The molecule has 8 nitrogen and oxygen atoms in total. The zero-order valence-electron chi connectivity index (χ0n) is 17.7. The van der Waals surface area contributed by atoms with Crippen molar-refractivity contribution in [3.8, 4) is 0 Å². The smallest absolute Gasteiger partial charge is 0.246 e. The van der Waals surface area contributed by atoms with E-state index < -0.39 is 6.04 Å². The molecule has 2 aromatic heterocycles. The fraction of sp³-hybridized carbons (Fsp3) is 0.348. The molecule has 1 aromatic carbocycles. The van der Waals surface area contributed by atoms with Gasteiger partial charge in [0.1, 0.15) is 11.7 Å². The third-order valence-corrected chi connectivity index (χ3v) is 5.58. The molecule has 31 heavy (non-hydrogen) atoms. The second-order valence-electron chi connectivity index (χ2n) is 7.78. The molecule has 0 bridgehead atoms. The molecule has 0 saturated carbocycles.